The van der Waals surface area contributed by atoms with Gasteiger partial charge in [-0.3, -0.25) is 14.7 Å². The number of nitrogens with zero attached hydrogens (tertiary/aromatic N) is 5. The van der Waals surface area contributed by atoms with E-state index in [1.165, 1.54) is 32.0 Å². The summed E-state index contributed by atoms with van der Waals surface area (Å²) in [4.78, 5) is 20.7. The molecule has 3 rings (SSSR count). The van der Waals surface area contributed by atoms with Crippen LogP contribution in [0.3, 0.4) is 0 Å². The number of thioether (sulfide) groups is 1. The summed E-state index contributed by atoms with van der Waals surface area (Å²) < 4.78 is 17.4. The van der Waals surface area contributed by atoms with Crippen molar-refractivity contribution >= 4 is 23.6 Å². The summed E-state index contributed by atoms with van der Waals surface area (Å²) in [7, 11) is 4.59. The minimum absolute atomic E-state index is 0.0990. The molecule has 0 saturated heterocycles. The lowest BCUT2D eigenvalue weighted by Gasteiger charge is -2.10. The topological polar surface area (TPSA) is 113 Å². The van der Waals surface area contributed by atoms with Gasteiger partial charge in [-0.25, -0.2) is 0 Å². The SMILES string of the molecule is COCCn1c(SCC(=O)Nc2nc(OC)cc(OC)n2)nnc1-c1cccc(C)c1. The largest absolute Gasteiger partial charge is 0.481 e. The van der Waals surface area contributed by atoms with Crippen LogP contribution in [0.2, 0.25) is 0 Å². The molecule has 0 atom stereocenters. The van der Waals surface area contributed by atoms with Crippen LogP contribution in [0.15, 0.2) is 35.5 Å². The molecule has 0 radical (unpaired) electrons. The average Bonchev–Trinajstić information content (AvgIpc) is 3.18. The third kappa shape index (κ3) is 5.92. The van der Waals surface area contributed by atoms with Gasteiger partial charge in [0.15, 0.2) is 11.0 Å². The highest BCUT2D eigenvalue weighted by molar-refractivity contribution is 7.99. The zero-order valence-electron chi connectivity index (χ0n) is 17.8. The molecule has 0 spiro atoms. The maximum absolute atomic E-state index is 12.5. The number of aromatic nitrogens is 5. The van der Waals surface area contributed by atoms with Crippen LogP contribution in [0, 0.1) is 6.92 Å². The van der Waals surface area contributed by atoms with Crippen LogP contribution in [-0.2, 0) is 16.1 Å². The highest BCUT2D eigenvalue weighted by atomic mass is 32.2. The Hall–Kier alpha value is -3.18. The van der Waals surface area contributed by atoms with E-state index in [2.05, 4.69) is 25.5 Å². The van der Waals surface area contributed by atoms with E-state index in [-0.39, 0.29) is 29.4 Å². The third-order valence-electron chi connectivity index (χ3n) is 4.19. The minimum Gasteiger partial charge on any atom is -0.481 e. The Morgan fingerprint density at radius 1 is 1.10 bits per heavy atom. The first kappa shape index (κ1) is 22.5. The van der Waals surface area contributed by atoms with E-state index in [0.29, 0.717) is 18.3 Å². The van der Waals surface area contributed by atoms with Crippen LogP contribution in [0.4, 0.5) is 5.95 Å². The number of carbonyl (C=O) groups is 1. The molecular formula is C20H24N6O4S. The molecule has 10 nitrogen and oxygen atoms in total. The van der Waals surface area contributed by atoms with Crippen molar-refractivity contribution < 1.29 is 19.0 Å². The van der Waals surface area contributed by atoms with Crippen molar-refractivity contribution in [2.75, 3.05) is 39.0 Å². The molecule has 3 aromatic rings. The predicted octanol–water partition coefficient (Wildman–Crippen LogP) is 2.44. The first-order valence-electron chi connectivity index (χ1n) is 9.43. The summed E-state index contributed by atoms with van der Waals surface area (Å²) in [5.74, 6) is 1.21. The molecule has 2 aromatic heterocycles. The molecule has 0 fully saturated rings. The zero-order valence-corrected chi connectivity index (χ0v) is 18.6. The highest BCUT2D eigenvalue weighted by Crippen LogP contribution is 2.25. The summed E-state index contributed by atoms with van der Waals surface area (Å²) in [5, 5.41) is 11.9. The molecule has 1 aromatic carbocycles. The summed E-state index contributed by atoms with van der Waals surface area (Å²) in [6, 6.07) is 9.55. The number of amides is 1. The van der Waals surface area contributed by atoms with Gasteiger partial charge in [-0.05, 0) is 13.0 Å². The molecule has 0 aliphatic carbocycles. The smallest absolute Gasteiger partial charge is 0.237 e. The molecule has 0 unspecified atom stereocenters. The van der Waals surface area contributed by atoms with E-state index in [1.54, 1.807) is 7.11 Å². The average molecular weight is 445 g/mol. The quantitative estimate of drug-likeness (QED) is 0.471. The monoisotopic (exact) mass is 444 g/mol. The molecule has 0 bridgehead atoms. The van der Waals surface area contributed by atoms with Crippen molar-refractivity contribution in [2.24, 2.45) is 0 Å². The molecule has 0 saturated carbocycles. The number of aryl methyl sites for hydroxylation is 1. The Labute approximate surface area is 184 Å². The van der Waals surface area contributed by atoms with Crippen LogP contribution < -0.4 is 14.8 Å². The first-order valence-corrected chi connectivity index (χ1v) is 10.4. The summed E-state index contributed by atoms with van der Waals surface area (Å²) in [6.45, 7) is 3.08. The number of nitrogens with one attached hydrogen (secondary N) is 1. The van der Waals surface area contributed by atoms with Crippen molar-refractivity contribution in [3.8, 4) is 23.1 Å². The van der Waals surface area contributed by atoms with Gasteiger partial charge in [-0.1, -0.05) is 35.5 Å². The fourth-order valence-corrected chi connectivity index (χ4v) is 3.50. The van der Waals surface area contributed by atoms with Gasteiger partial charge >= 0.3 is 0 Å². The van der Waals surface area contributed by atoms with Gasteiger partial charge in [0.2, 0.25) is 23.6 Å². The van der Waals surface area contributed by atoms with Gasteiger partial charge in [0.25, 0.3) is 0 Å². The summed E-state index contributed by atoms with van der Waals surface area (Å²) in [6.07, 6.45) is 0. The molecule has 1 N–H and O–H groups in total. The number of carbonyl (C=O) groups excluding carboxylic acids is 1. The Morgan fingerprint density at radius 3 is 2.48 bits per heavy atom. The number of methoxy groups -OCH3 is 3. The highest BCUT2D eigenvalue weighted by Gasteiger charge is 2.16. The lowest BCUT2D eigenvalue weighted by molar-refractivity contribution is -0.113. The number of anilines is 1. The third-order valence-corrected chi connectivity index (χ3v) is 5.16. The molecule has 31 heavy (non-hydrogen) atoms. The van der Waals surface area contributed by atoms with Crippen LogP contribution in [0.1, 0.15) is 5.56 Å². The number of hydrogen-bond donors (Lipinski definition) is 1. The first-order chi connectivity index (χ1) is 15.0. The lowest BCUT2D eigenvalue weighted by Crippen LogP contribution is -2.17. The molecule has 1 amide bonds. The van der Waals surface area contributed by atoms with Crippen molar-refractivity contribution in [1.82, 2.24) is 24.7 Å². The Balaban J connectivity index is 1.73. The fourth-order valence-electron chi connectivity index (χ4n) is 2.74. The maximum atomic E-state index is 12.5. The summed E-state index contributed by atoms with van der Waals surface area (Å²) >= 11 is 1.27. The van der Waals surface area contributed by atoms with Crippen LogP contribution in [0.5, 0.6) is 11.8 Å². The van der Waals surface area contributed by atoms with E-state index < -0.39 is 0 Å². The molecule has 11 heteroatoms. The number of rotatable bonds is 10. The van der Waals surface area contributed by atoms with E-state index in [0.717, 1.165) is 17.0 Å². The second-order valence-electron chi connectivity index (χ2n) is 6.43. The summed E-state index contributed by atoms with van der Waals surface area (Å²) in [5.41, 5.74) is 2.08. The van der Waals surface area contributed by atoms with E-state index in [9.17, 15) is 4.79 Å². The van der Waals surface area contributed by atoms with Gasteiger partial charge in [-0.15, -0.1) is 10.2 Å². The Morgan fingerprint density at radius 2 is 1.84 bits per heavy atom. The molecule has 0 aliphatic heterocycles. The number of hydrogen-bond acceptors (Lipinski definition) is 9. The molecule has 0 aliphatic rings. The van der Waals surface area contributed by atoms with Gasteiger partial charge in [0, 0.05) is 12.7 Å². The second-order valence-corrected chi connectivity index (χ2v) is 7.38. The van der Waals surface area contributed by atoms with Gasteiger partial charge in [0.05, 0.1) is 39.2 Å². The van der Waals surface area contributed by atoms with Crippen molar-refractivity contribution in [2.45, 2.75) is 18.6 Å². The molecule has 2 heterocycles. The van der Waals surface area contributed by atoms with Crippen molar-refractivity contribution in [1.29, 1.82) is 0 Å². The fraction of sp³-hybridized carbons (Fsp3) is 0.350. The van der Waals surface area contributed by atoms with Gasteiger partial charge in [0.1, 0.15) is 0 Å². The molecule has 164 valence electrons. The number of benzene rings is 1. The Kier molecular flexibility index (Phi) is 7.79. The van der Waals surface area contributed by atoms with Crippen LogP contribution in [0.25, 0.3) is 11.4 Å². The Bertz CT molecular complexity index is 1020. The van der Waals surface area contributed by atoms with E-state index in [4.69, 9.17) is 14.2 Å². The van der Waals surface area contributed by atoms with E-state index in [1.807, 2.05) is 35.8 Å². The van der Waals surface area contributed by atoms with Crippen LogP contribution >= 0.6 is 11.8 Å². The standard InChI is InChI=1S/C20H24N6O4S/c1-13-6-5-7-14(10-13)18-24-25-20(26(18)8-9-28-2)31-12-15(27)21-19-22-16(29-3)11-17(23-19)30-4/h5-7,10-11H,8-9,12H2,1-4H3,(H,21,22,23,27). The normalized spacial score (nSPS) is 10.7. The lowest BCUT2D eigenvalue weighted by atomic mass is 10.1. The molecular weight excluding hydrogens is 420 g/mol. The van der Waals surface area contributed by atoms with Crippen molar-refractivity contribution in [3.05, 3.63) is 35.9 Å². The maximum Gasteiger partial charge on any atom is 0.237 e. The second kappa shape index (κ2) is 10.7. The van der Waals surface area contributed by atoms with Gasteiger partial charge in [-0.2, -0.15) is 9.97 Å². The minimum atomic E-state index is -0.293. The van der Waals surface area contributed by atoms with E-state index >= 15 is 0 Å². The predicted molar refractivity (Wildman–Crippen MR) is 117 cm³/mol. The van der Waals surface area contributed by atoms with Gasteiger partial charge < -0.3 is 14.2 Å². The van der Waals surface area contributed by atoms with Crippen LogP contribution in [-0.4, -0.2) is 64.3 Å². The van der Waals surface area contributed by atoms with Crippen molar-refractivity contribution in [3.63, 3.8) is 0 Å². The number of ether oxygens (including phenoxy) is 3. The zero-order chi connectivity index (χ0) is 22.2.